The Morgan fingerprint density at radius 3 is 2.05 bits per heavy atom. The van der Waals surface area contributed by atoms with E-state index >= 15 is 0 Å². The van der Waals surface area contributed by atoms with Crippen LogP contribution in [0, 0.1) is 27.7 Å². The predicted molar refractivity (Wildman–Crippen MR) is 74.2 cm³/mol. The summed E-state index contributed by atoms with van der Waals surface area (Å²) in [5.74, 6) is 0.127. The molecular formula is C16H19N2O+. The highest BCUT2D eigenvalue weighted by Crippen LogP contribution is 2.06. The van der Waals surface area contributed by atoms with E-state index in [1.807, 2.05) is 62.6 Å². The lowest BCUT2D eigenvalue weighted by Gasteiger charge is -2.07. The van der Waals surface area contributed by atoms with Crippen LogP contribution in [-0.4, -0.2) is 10.8 Å². The average molecular weight is 255 g/mol. The number of aromatic nitrogens is 2. The molecule has 0 aliphatic rings. The lowest BCUT2D eigenvalue weighted by atomic mass is 10.1. The smallest absolute Gasteiger partial charge is 0.227 e. The summed E-state index contributed by atoms with van der Waals surface area (Å²) in [5, 5.41) is 0. The number of hydrogen-bond donors (Lipinski definition) is 0. The number of ketones is 1. The average Bonchev–Trinajstić information content (AvgIpc) is 2.42. The molecule has 0 amide bonds. The quantitative estimate of drug-likeness (QED) is 0.623. The van der Waals surface area contributed by atoms with E-state index in [0.717, 1.165) is 28.3 Å². The molecule has 0 bridgehead atoms. The molecule has 0 aliphatic heterocycles. The normalized spacial score (nSPS) is 10.5. The van der Waals surface area contributed by atoms with Crippen LogP contribution in [0.4, 0.5) is 0 Å². The molecule has 1 heterocycles. The standard InChI is InChI=1S/C16H19N2O/c1-11-13(3)18(14(4)12(2)17-11)10-16(19)15-8-6-5-7-9-15/h5-9H,10H2,1-4H3/q+1. The Morgan fingerprint density at radius 1 is 1.00 bits per heavy atom. The van der Waals surface area contributed by atoms with Gasteiger partial charge >= 0.3 is 0 Å². The molecular weight excluding hydrogens is 236 g/mol. The van der Waals surface area contributed by atoms with Crippen LogP contribution in [-0.2, 0) is 6.54 Å². The van der Waals surface area contributed by atoms with Crippen molar-refractivity contribution in [3.05, 3.63) is 58.7 Å². The van der Waals surface area contributed by atoms with Crippen LogP contribution in [0.3, 0.4) is 0 Å². The molecule has 0 atom stereocenters. The summed E-state index contributed by atoms with van der Waals surface area (Å²) in [4.78, 5) is 16.8. The van der Waals surface area contributed by atoms with Gasteiger partial charge in [0.25, 0.3) is 0 Å². The molecule has 0 unspecified atom stereocenters. The maximum atomic E-state index is 12.3. The SMILES string of the molecule is Cc1nc(C)c(C)[n+](CC(=O)c2ccccc2)c1C. The third-order valence-corrected chi connectivity index (χ3v) is 3.59. The van der Waals surface area contributed by atoms with Gasteiger partial charge in [0.05, 0.1) is 0 Å². The summed E-state index contributed by atoms with van der Waals surface area (Å²) in [6.45, 7) is 8.34. The second kappa shape index (κ2) is 5.31. The Bertz CT molecular complexity index is 592. The molecule has 1 aromatic heterocycles. The molecule has 3 heteroatoms. The van der Waals surface area contributed by atoms with Crippen molar-refractivity contribution in [1.29, 1.82) is 0 Å². The number of Topliss-reactive ketones (excluding diaryl/α,β-unsaturated/α-hetero) is 1. The molecule has 0 fully saturated rings. The maximum Gasteiger partial charge on any atom is 0.227 e. The molecule has 3 nitrogen and oxygen atoms in total. The molecule has 0 saturated carbocycles. The first-order valence-electron chi connectivity index (χ1n) is 6.43. The fraction of sp³-hybridized carbons (Fsp3) is 0.312. The minimum absolute atomic E-state index is 0.127. The molecule has 0 radical (unpaired) electrons. The first kappa shape index (κ1) is 13.4. The van der Waals surface area contributed by atoms with E-state index in [1.54, 1.807) is 0 Å². The Morgan fingerprint density at radius 2 is 1.53 bits per heavy atom. The first-order valence-corrected chi connectivity index (χ1v) is 6.43. The van der Waals surface area contributed by atoms with Gasteiger partial charge < -0.3 is 0 Å². The van der Waals surface area contributed by atoms with Gasteiger partial charge in [0.15, 0.2) is 11.4 Å². The second-order valence-corrected chi connectivity index (χ2v) is 4.83. The summed E-state index contributed by atoms with van der Waals surface area (Å²) < 4.78 is 2.05. The molecule has 98 valence electrons. The number of carbonyl (C=O) groups excluding carboxylic acids is 1. The largest absolute Gasteiger partial charge is 0.287 e. The van der Waals surface area contributed by atoms with E-state index in [9.17, 15) is 4.79 Å². The molecule has 2 aromatic rings. The topological polar surface area (TPSA) is 33.8 Å². The molecule has 0 N–H and O–H groups in total. The van der Waals surface area contributed by atoms with Gasteiger partial charge in [-0.2, -0.15) is 4.57 Å². The summed E-state index contributed by atoms with van der Waals surface area (Å²) in [6.07, 6.45) is 0. The van der Waals surface area contributed by atoms with Gasteiger partial charge in [0.2, 0.25) is 12.3 Å². The summed E-state index contributed by atoms with van der Waals surface area (Å²) in [6, 6.07) is 9.41. The van der Waals surface area contributed by atoms with E-state index in [1.165, 1.54) is 0 Å². The van der Waals surface area contributed by atoms with Crippen molar-refractivity contribution in [2.45, 2.75) is 34.2 Å². The van der Waals surface area contributed by atoms with E-state index < -0.39 is 0 Å². The van der Waals surface area contributed by atoms with Gasteiger partial charge in [-0.1, -0.05) is 30.3 Å². The number of aryl methyl sites for hydroxylation is 2. The number of hydrogen-bond acceptors (Lipinski definition) is 2. The third-order valence-electron chi connectivity index (χ3n) is 3.59. The van der Waals surface area contributed by atoms with Crippen LogP contribution in [0.15, 0.2) is 30.3 Å². The Kier molecular flexibility index (Phi) is 3.74. The Labute approximate surface area is 113 Å². The molecule has 0 aliphatic carbocycles. The lowest BCUT2D eigenvalue weighted by Crippen LogP contribution is -2.45. The molecule has 0 spiro atoms. The number of carbonyl (C=O) groups is 1. The fourth-order valence-corrected chi connectivity index (χ4v) is 2.15. The van der Waals surface area contributed by atoms with Crippen molar-refractivity contribution < 1.29 is 9.36 Å². The van der Waals surface area contributed by atoms with Crippen molar-refractivity contribution in [1.82, 2.24) is 4.98 Å². The van der Waals surface area contributed by atoms with Crippen LogP contribution in [0.1, 0.15) is 33.1 Å². The fourth-order valence-electron chi connectivity index (χ4n) is 2.15. The van der Waals surface area contributed by atoms with Gasteiger partial charge in [-0.15, -0.1) is 0 Å². The monoisotopic (exact) mass is 255 g/mol. The minimum Gasteiger partial charge on any atom is -0.287 e. The van der Waals surface area contributed by atoms with E-state index in [2.05, 4.69) is 4.98 Å². The molecule has 19 heavy (non-hydrogen) atoms. The number of nitrogens with zero attached hydrogens (tertiary/aromatic N) is 2. The highest BCUT2D eigenvalue weighted by Gasteiger charge is 2.21. The number of rotatable bonds is 3. The highest BCUT2D eigenvalue weighted by molar-refractivity contribution is 5.94. The molecule has 2 rings (SSSR count). The molecule has 1 aromatic carbocycles. The van der Waals surface area contributed by atoms with Crippen molar-refractivity contribution in [3.63, 3.8) is 0 Å². The zero-order valence-corrected chi connectivity index (χ0v) is 11.9. The van der Waals surface area contributed by atoms with Gasteiger partial charge in [-0.3, -0.25) is 4.79 Å². The van der Waals surface area contributed by atoms with Gasteiger partial charge in [0.1, 0.15) is 11.4 Å². The van der Waals surface area contributed by atoms with Gasteiger partial charge in [-0.25, -0.2) is 4.98 Å². The second-order valence-electron chi connectivity index (χ2n) is 4.83. The minimum atomic E-state index is 0.127. The van der Waals surface area contributed by atoms with Crippen molar-refractivity contribution in [3.8, 4) is 0 Å². The summed E-state index contributed by atoms with van der Waals surface area (Å²) >= 11 is 0. The van der Waals surface area contributed by atoms with Crippen LogP contribution in [0.25, 0.3) is 0 Å². The predicted octanol–water partition coefficient (Wildman–Crippen LogP) is 2.49. The van der Waals surface area contributed by atoms with Crippen molar-refractivity contribution in [2.75, 3.05) is 0 Å². The van der Waals surface area contributed by atoms with Crippen LogP contribution >= 0.6 is 0 Å². The summed E-state index contributed by atoms with van der Waals surface area (Å²) in [5.41, 5.74) is 4.80. The van der Waals surface area contributed by atoms with Crippen LogP contribution in [0.2, 0.25) is 0 Å². The first-order chi connectivity index (χ1) is 9.00. The van der Waals surface area contributed by atoms with Crippen LogP contribution in [0.5, 0.6) is 0 Å². The Hall–Kier alpha value is -2.03. The zero-order chi connectivity index (χ0) is 14.0. The lowest BCUT2D eigenvalue weighted by molar-refractivity contribution is -0.696. The zero-order valence-electron chi connectivity index (χ0n) is 11.9. The van der Waals surface area contributed by atoms with E-state index in [4.69, 9.17) is 0 Å². The van der Waals surface area contributed by atoms with Gasteiger partial charge in [0, 0.05) is 19.4 Å². The highest BCUT2D eigenvalue weighted by atomic mass is 16.1. The van der Waals surface area contributed by atoms with Gasteiger partial charge in [-0.05, 0) is 13.8 Å². The number of benzene rings is 1. The van der Waals surface area contributed by atoms with E-state index in [-0.39, 0.29) is 5.78 Å². The molecule has 0 saturated heterocycles. The Balaban J connectivity index is 2.37. The maximum absolute atomic E-state index is 12.3. The summed E-state index contributed by atoms with van der Waals surface area (Å²) in [7, 11) is 0. The third kappa shape index (κ3) is 2.70. The van der Waals surface area contributed by atoms with E-state index in [0.29, 0.717) is 6.54 Å². The van der Waals surface area contributed by atoms with Crippen molar-refractivity contribution >= 4 is 5.78 Å². The van der Waals surface area contributed by atoms with Crippen LogP contribution < -0.4 is 4.57 Å². The van der Waals surface area contributed by atoms with Crippen molar-refractivity contribution in [2.24, 2.45) is 0 Å².